The Morgan fingerprint density at radius 1 is 0.941 bits per heavy atom. The average Bonchev–Trinajstić information content (AvgIpc) is 3.14. The molecule has 2 aromatic heterocycles. The first-order valence-electron chi connectivity index (χ1n) is 10.6. The molecule has 3 aromatic carbocycles. The maximum Gasteiger partial charge on any atom is 0.260 e. The van der Waals surface area contributed by atoms with Gasteiger partial charge in [-0.3, -0.25) is 14.4 Å². The molecule has 8 heteroatoms. The zero-order valence-electron chi connectivity index (χ0n) is 18.2. The van der Waals surface area contributed by atoms with Gasteiger partial charge >= 0.3 is 0 Å². The van der Waals surface area contributed by atoms with Gasteiger partial charge in [0, 0.05) is 22.9 Å². The normalized spacial score (nSPS) is 11.1. The summed E-state index contributed by atoms with van der Waals surface area (Å²) in [5.41, 5.74) is 3.07. The number of rotatable bonds is 5. The molecule has 0 bridgehead atoms. The highest BCUT2D eigenvalue weighted by molar-refractivity contribution is 5.96. The van der Waals surface area contributed by atoms with Crippen LogP contribution in [0.2, 0.25) is 0 Å². The molecule has 0 unspecified atom stereocenters. The molecule has 168 valence electrons. The number of ketones is 1. The van der Waals surface area contributed by atoms with Gasteiger partial charge in [-0.05, 0) is 67.6 Å². The number of Topliss-reactive ketones (excluding diaryl/α,β-unsaturated/α-hetero) is 1. The Balaban J connectivity index is 1.57. The highest BCUT2D eigenvalue weighted by atomic mass is 19.1. The molecule has 34 heavy (non-hydrogen) atoms. The van der Waals surface area contributed by atoms with Crippen molar-refractivity contribution in [3.8, 4) is 11.3 Å². The number of aromatic nitrogens is 3. The second kappa shape index (κ2) is 8.40. The van der Waals surface area contributed by atoms with E-state index in [0.717, 1.165) is 0 Å². The molecule has 0 aliphatic rings. The van der Waals surface area contributed by atoms with Crippen LogP contribution < -0.4 is 10.9 Å². The summed E-state index contributed by atoms with van der Waals surface area (Å²) >= 11 is 0. The molecule has 1 amide bonds. The maximum absolute atomic E-state index is 13.4. The molecule has 0 saturated carbocycles. The van der Waals surface area contributed by atoms with Gasteiger partial charge in [0.15, 0.2) is 5.78 Å². The fourth-order valence-corrected chi connectivity index (χ4v) is 3.92. The maximum atomic E-state index is 13.4. The van der Waals surface area contributed by atoms with Gasteiger partial charge in [-0.25, -0.2) is 13.8 Å². The summed E-state index contributed by atoms with van der Waals surface area (Å²) in [6.07, 6.45) is 0. The van der Waals surface area contributed by atoms with Crippen molar-refractivity contribution in [2.45, 2.75) is 13.5 Å². The first-order chi connectivity index (χ1) is 16.4. The van der Waals surface area contributed by atoms with Crippen molar-refractivity contribution in [1.82, 2.24) is 14.0 Å². The lowest BCUT2D eigenvalue weighted by Crippen LogP contribution is -2.20. The molecule has 5 aromatic rings. The Hall–Kier alpha value is -4.59. The minimum atomic E-state index is -0.385. The Morgan fingerprint density at radius 3 is 2.29 bits per heavy atom. The van der Waals surface area contributed by atoms with Gasteiger partial charge in [-0.15, -0.1) is 0 Å². The molecule has 2 heterocycles. The fourth-order valence-electron chi connectivity index (χ4n) is 3.92. The molecule has 1 N–H and O–H groups in total. The summed E-state index contributed by atoms with van der Waals surface area (Å²) in [6.45, 7) is 1.38. The number of halogens is 1. The lowest BCUT2D eigenvalue weighted by atomic mass is 10.1. The van der Waals surface area contributed by atoms with Crippen LogP contribution >= 0.6 is 0 Å². The van der Waals surface area contributed by atoms with Gasteiger partial charge in [0.1, 0.15) is 12.4 Å². The third kappa shape index (κ3) is 3.86. The summed E-state index contributed by atoms with van der Waals surface area (Å²) in [5, 5.41) is 2.81. The molecule has 0 fully saturated rings. The number of nitrogens with one attached hydrogen (secondary N) is 1. The highest BCUT2D eigenvalue weighted by Gasteiger charge is 2.17. The summed E-state index contributed by atoms with van der Waals surface area (Å²) < 4.78 is 16.5. The molecule has 0 radical (unpaired) electrons. The van der Waals surface area contributed by atoms with Crippen molar-refractivity contribution in [3.63, 3.8) is 0 Å². The molecular formula is C26H19FN4O3. The lowest BCUT2D eigenvalue weighted by Gasteiger charge is -2.09. The zero-order valence-corrected chi connectivity index (χ0v) is 18.2. The van der Waals surface area contributed by atoms with Gasteiger partial charge < -0.3 is 9.88 Å². The Morgan fingerprint density at radius 2 is 1.62 bits per heavy atom. The number of imidazole rings is 1. The van der Waals surface area contributed by atoms with Gasteiger partial charge in [0.05, 0.1) is 16.7 Å². The van der Waals surface area contributed by atoms with Crippen LogP contribution in [0, 0.1) is 5.82 Å². The smallest absolute Gasteiger partial charge is 0.260 e. The van der Waals surface area contributed by atoms with Crippen LogP contribution in [0.25, 0.3) is 28.1 Å². The van der Waals surface area contributed by atoms with Crippen LogP contribution in [0.3, 0.4) is 0 Å². The number of fused-ring (bicyclic) bond motifs is 3. The molecular weight excluding hydrogens is 435 g/mol. The van der Waals surface area contributed by atoms with E-state index >= 15 is 0 Å². The van der Waals surface area contributed by atoms with Crippen molar-refractivity contribution >= 4 is 34.2 Å². The predicted molar refractivity (Wildman–Crippen MR) is 127 cm³/mol. The van der Waals surface area contributed by atoms with Crippen LogP contribution in [-0.4, -0.2) is 25.6 Å². The summed E-state index contributed by atoms with van der Waals surface area (Å²) in [7, 11) is 0. The Labute approximate surface area is 193 Å². The van der Waals surface area contributed by atoms with Crippen LogP contribution in [-0.2, 0) is 11.3 Å². The Kier molecular flexibility index (Phi) is 5.25. The van der Waals surface area contributed by atoms with Crippen molar-refractivity contribution in [1.29, 1.82) is 0 Å². The number of carbonyl (C=O) groups excluding carboxylic acids is 2. The van der Waals surface area contributed by atoms with E-state index in [0.29, 0.717) is 39.3 Å². The summed E-state index contributed by atoms with van der Waals surface area (Å²) in [4.78, 5) is 42.1. The SMILES string of the molecule is CC(=O)c1ccc(NC(=O)Cn2c3ccccc3n3c(=O)cc(-c4ccc(F)cc4)nc23)cc1. The van der Waals surface area contributed by atoms with Gasteiger partial charge in [0.25, 0.3) is 5.56 Å². The number of hydrogen-bond donors (Lipinski definition) is 1. The highest BCUT2D eigenvalue weighted by Crippen LogP contribution is 2.22. The van der Waals surface area contributed by atoms with E-state index in [4.69, 9.17) is 0 Å². The average molecular weight is 454 g/mol. The summed E-state index contributed by atoms with van der Waals surface area (Å²) in [6, 6.07) is 21.0. The van der Waals surface area contributed by atoms with Crippen LogP contribution in [0.15, 0.2) is 83.7 Å². The van der Waals surface area contributed by atoms with Crippen LogP contribution in [0.5, 0.6) is 0 Å². The largest absolute Gasteiger partial charge is 0.325 e. The lowest BCUT2D eigenvalue weighted by molar-refractivity contribution is -0.116. The third-order valence-electron chi connectivity index (χ3n) is 5.57. The second-order valence-corrected chi connectivity index (χ2v) is 7.88. The third-order valence-corrected chi connectivity index (χ3v) is 5.57. The number of amides is 1. The Bertz CT molecular complexity index is 1620. The van der Waals surface area contributed by atoms with E-state index in [2.05, 4.69) is 10.3 Å². The van der Waals surface area contributed by atoms with E-state index < -0.39 is 0 Å². The van der Waals surface area contributed by atoms with Crippen LogP contribution in [0.4, 0.5) is 10.1 Å². The zero-order chi connectivity index (χ0) is 23.8. The molecule has 7 nitrogen and oxygen atoms in total. The number of anilines is 1. The molecule has 0 saturated heterocycles. The quantitative estimate of drug-likeness (QED) is 0.402. The minimum absolute atomic E-state index is 0.0587. The first-order valence-corrected chi connectivity index (χ1v) is 10.6. The standard InChI is InChI=1S/C26H19FN4O3/c1-16(32)17-8-12-20(13-9-17)28-24(33)15-30-22-4-2-3-5-23(22)31-25(34)14-21(29-26(30)31)18-6-10-19(27)11-7-18/h2-14H,15H2,1H3,(H,28,33). The van der Waals surface area contributed by atoms with E-state index in [1.165, 1.54) is 29.5 Å². The van der Waals surface area contributed by atoms with E-state index in [1.807, 2.05) is 18.2 Å². The molecule has 0 spiro atoms. The number of hydrogen-bond acceptors (Lipinski definition) is 4. The second-order valence-electron chi connectivity index (χ2n) is 7.88. The molecule has 0 aliphatic carbocycles. The molecule has 0 atom stereocenters. The van der Waals surface area contributed by atoms with Crippen molar-refractivity contribution < 1.29 is 14.0 Å². The first kappa shape index (κ1) is 21.3. The summed E-state index contributed by atoms with van der Waals surface area (Å²) in [5.74, 6) is -0.462. The predicted octanol–water partition coefficient (Wildman–Crippen LogP) is 4.30. The monoisotopic (exact) mass is 454 g/mol. The van der Waals surface area contributed by atoms with Crippen molar-refractivity contribution in [2.24, 2.45) is 0 Å². The van der Waals surface area contributed by atoms with E-state index in [1.54, 1.807) is 47.0 Å². The minimum Gasteiger partial charge on any atom is -0.325 e. The van der Waals surface area contributed by atoms with E-state index in [-0.39, 0.29) is 29.6 Å². The number of benzene rings is 3. The topological polar surface area (TPSA) is 85.5 Å². The molecule has 0 aliphatic heterocycles. The van der Waals surface area contributed by atoms with E-state index in [9.17, 15) is 18.8 Å². The van der Waals surface area contributed by atoms with Gasteiger partial charge in [0.2, 0.25) is 11.7 Å². The van der Waals surface area contributed by atoms with Crippen molar-refractivity contribution in [2.75, 3.05) is 5.32 Å². The molecule has 5 rings (SSSR count). The van der Waals surface area contributed by atoms with Gasteiger partial charge in [-0.1, -0.05) is 12.1 Å². The van der Waals surface area contributed by atoms with Gasteiger partial charge in [-0.2, -0.15) is 0 Å². The number of nitrogens with zero attached hydrogens (tertiary/aromatic N) is 3. The number of para-hydroxylation sites is 2. The number of carbonyl (C=O) groups is 2. The van der Waals surface area contributed by atoms with Crippen LogP contribution in [0.1, 0.15) is 17.3 Å². The fraction of sp³-hybridized carbons (Fsp3) is 0.0769. The van der Waals surface area contributed by atoms with Crippen molar-refractivity contribution in [3.05, 3.63) is 101 Å².